The van der Waals surface area contributed by atoms with Crippen LogP contribution >= 0.6 is 47.8 Å². The Bertz CT molecular complexity index is 335. The number of aliphatic imine (C=N–C) groups is 1. The van der Waals surface area contributed by atoms with Crippen LogP contribution in [-0.4, -0.2) is 6.08 Å². The van der Waals surface area contributed by atoms with Crippen LogP contribution in [0.2, 0.25) is 0 Å². The van der Waals surface area contributed by atoms with E-state index in [0.717, 1.165) is 13.4 Å². The summed E-state index contributed by atoms with van der Waals surface area (Å²) in [6, 6.07) is 3.44. The number of nitrogens with zero attached hydrogens (tertiary/aromatic N) is 1. The predicted molar refractivity (Wildman–Crippen MR) is 57.3 cm³/mol. The van der Waals surface area contributed by atoms with Crippen molar-refractivity contribution in [1.29, 1.82) is 0 Å². The van der Waals surface area contributed by atoms with Gasteiger partial charge in [-0.3, -0.25) is 0 Å². The van der Waals surface area contributed by atoms with Crippen molar-refractivity contribution in [2.45, 2.75) is 0 Å². The molecule has 0 radical (unpaired) electrons. The molecule has 0 bridgehead atoms. The summed E-state index contributed by atoms with van der Waals surface area (Å²) in [7, 11) is 0. The lowest BCUT2D eigenvalue weighted by Crippen LogP contribution is -1.72. The minimum atomic E-state index is 0.562. The van der Waals surface area contributed by atoms with Crippen molar-refractivity contribution < 1.29 is 4.79 Å². The van der Waals surface area contributed by atoms with E-state index < -0.39 is 0 Å². The van der Waals surface area contributed by atoms with Crippen LogP contribution in [0.25, 0.3) is 0 Å². The molecule has 1 aromatic carbocycles. The van der Waals surface area contributed by atoms with Gasteiger partial charge in [-0.05, 0) is 59.9 Å². The Morgan fingerprint density at radius 1 is 1.17 bits per heavy atom. The van der Waals surface area contributed by atoms with E-state index in [1.807, 2.05) is 0 Å². The molecule has 0 fully saturated rings. The summed E-state index contributed by atoms with van der Waals surface area (Å²) in [5.74, 6) is 0. The molecule has 0 atom stereocenters. The predicted octanol–water partition coefficient (Wildman–Crippen LogP) is 3.94. The van der Waals surface area contributed by atoms with E-state index in [-0.39, 0.29) is 0 Å². The second-order valence-electron chi connectivity index (χ2n) is 1.93. The fraction of sp³-hybridized carbons (Fsp3) is 0. The fourth-order valence-electron chi connectivity index (χ4n) is 0.659. The summed E-state index contributed by atoms with van der Waals surface area (Å²) in [4.78, 5) is 13.4. The van der Waals surface area contributed by atoms with Crippen LogP contribution in [-0.2, 0) is 4.79 Å². The van der Waals surface area contributed by atoms with Gasteiger partial charge in [-0.1, -0.05) is 0 Å². The fourth-order valence-corrected chi connectivity index (χ4v) is 2.05. The number of rotatable bonds is 1. The highest BCUT2D eigenvalue weighted by Gasteiger charge is 2.03. The van der Waals surface area contributed by atoms with Gasteiger partial charge in [0.1, 0.15) is 0 Å². The molecule has 0 saturated heterocycles. The Labute approximate surface area is 94.5 Å². The van der Waals surface area contributed by atoms with Crippen molar-refractivity contribution in [3.63, 3.8) is 0 Å². The molecular formula is C7H2Br3NO. The first-order valence-corrected chi connectivity index (χ1v) is 5.25. The molecule has 0 N–H and O–H groups in total. The first-order valence-electron chi connectivity index (χ1n) is 2.87. The van der Waals surface area contributed by atoms with Gasteiger partial charge >= 0.3 is 0 Å². The smallest absolute Gasteiger partial charge is 0.211 e. The molecule has 1 rings (SSSR count). The molecule has 0 heterocycles. The average molecular weight is 356 g/mol. The lowest BCUT2D eigenvalue weighted by Gasteiger charge is -1.99. The maximum absolute atomic E-state index is 9.95. The molecular weight excluding hydrogens is 354 g/mol. The lowest BCUT2D eigenvalue weighted by atomic mass is 10.3. The molecule has 2 nitrogen and oxygen atoms in total. The molecule has 0 aliphatic heterocycles. The Kier molecular flexibility index (Phi) is 3.65. The molecule has 0 aliphatic rings. The molecule has 1 aromatic rings. The summed E-state index contributed by atoms with van der Waals surface area (Å²) in [5, 5.41) is 0. The van der Waals surface area contributed by atoms with Crippen molar-refractivity contribution in [3.8, 4) is 0 Å². The Morgan fingerprint density at radius 2 is 1.67 bits per heavy atom. The summed E-state index contributed by atoms with van der Waals surface area (Å²) >= 11 is 9.93. The van der Waals surface area contributed by atoms with E-state index >= 15 is 0 Å². The molecule has 0 aliphatic carbocycles. The van der Waals surface area contributed by atoms with Gasteiger partial charge in [0.05, 0.1) is 5.69 Å². The quantitative estimate of drug-likeness (QED) is 0.426. The maximum Gasteiger partial charge on any atom is 0.240 e. The van der Waals surface area contributed by atoms with Gasteiger partial charge in [-0.15, -0.1) is 0 Å². The molecule has 12 heavy (non-hydrogen) atoms. The second-order valence-corrected chi connectivity index (χ2v) is 4.43. The van der Waals surface area contributed by atoms with Crippen LogP contribution in [0.3, 0.4) is 0 Å². The number of benzene rings is 1. The van der Waals surface area contributed by atoms with Gasteiger partial charge in [0, 0.05) is 13.4 Å². The van der Waals surface area contributed by atoms with Crippen LogP contribution in [0.15, 0.2) is 30.5 Å². The van der Waals surface area contributed by atoms with Crippen LogP contribution in [0.1, 0.15) is 0 Å². The van der Waals surface area contributed by atoms with Crippen LogP contribution in [0.4, 0.5) is 5.69 Å². The highest BCUT2D eigenvalue weighted by Crippen LogP contribution is 2.34. The third kappa shape index (κ3) is 2.26. The molecule has 0 aromatic heterocycles. The normalized spacial score (nSPS) is 9.25. The number of hydrogen-bond donors (Lipinski definition) is 0. The summed E-state index contributed by atoms with van der Waals surface area (Å²) in [5.41, 5.74) is 0.562. The molecule has 62 valence electrons. The van der Waals surface area contributed by atoms with Crippen molar-refractivity contribution in [3.05, 3.63) is 25.6 Å². The zero-order valence-electron chi connectivity index (χ0n) is 5.64. The first-order chi connectivity index (χ1) is 5.65. The average Bonchev–Trinajstić information content (AvgIpc) is 2.01. The van der Waals surface area contributed by atoms with Crippen LogP contribution in [0, 0.1) is 0 Å². The number of hydrogen-bond acceptors (Lipinski definition) is 2. The third-order valence-electron chi connectivity index (χ3n) is 1.14. The van der Waals surface area contributed by atoms with E-state index in [0.29, 0.717) is 5.69 Å². The maximum atomic E-state index is 9.95. The number of halogens is 3. The molecule has 5 heteroatoms. The Morgan fingerprint density at radius 3 is 2.08 bits per heavy atom. The van der Waals surface area contributed by atoms with Gasteiger partial charge < -0.3 is 0 Å². The molecule has 0 amide bonds. The zero-order chi connectivity index (χ0) is 9.14. The molecule has 0 saturated carbocycles. The minimum Gasteiger partial charge on any atom is -0.211 e. The van der Waals surface area contributed by atoms with E-state index in [4.69, 9.17) is 0 Å². The van der Waals surface area contributed by atoms with E-state index in [2.05, 4.69) is 52.8 Å². The first kappa shape index (κ1) is 10.1. The second kappa shape index (κ2) is 4.33. The zero-order valence-corrected chi connectivity index (χ0v) is 10.4. The highest BCUT2D eigenvalue weighted by atomic mass is 79.9. The summed E-state index contributed by atoms with van der Waals surface area (Å²) < 4.78 is 2.57. The minimum absolute atomic E-state index is 0.562. The van der Waals surface area contributed by atoms with Gasteiger partial charge in [0.2, 0.25) is 6.08 Å². The number of isocyanates is 1. The molecule has 0 unspecified atom stereocenters. The molecule has 0 spiro atoms. The van der Waals surface area contributed by atoms with Gasteiger partial charge in [-0.25, -0.2) is 4.79 Å². The Balaban J connectivity index is 3.30. The number of carbonyl (C=O) groups excluding carboxylic acids is 1. The Hall–Kier alpha value is 0.0400. The summed E-state index contributed by atoms with van der Waals surface area (Å²) in [6.07, 6.45) is 1.48. The largest absolute Gasteiger partial charge is 0.240 e. The van der Waals surface area contributed by atoms with Crippen molar-refractivity contribution in [2.24, 2.45) is 4.99 Å². The van der Waals surface area contributed by atoms with Gasteiger partial charge in [0.25, 0.3) is 0 Å². The van der Waals surface area contributed by atoms with Gasteiger partial charge in [0.15, 0.2) is 0 Å². The van der Waals surface area contributed by atoms with E-state index in [1.165, 1.54) is 6.08 Å². The highest BCUT2D eigenvalue weighted by molar-refractivity contribution is 9.14. The van der Waals surface area contributed by atoms with Crippen molar-refractivity contribution in [2.75, 3.05) is 0 Å². The monoisotopic (exact) mass is 353 g/mol. The van der Waals surface area contributed by atoms with Crippen molar-refractivity contribution in [1.82, 2.24) is 0 Å². The van der Waals surface area contributed by atoms with E-state index in [9.17, 15) is 4.79 Å². The van der Waals surface area contributed by atoms with Crippen LogP contribution < -0.4 is 0 Å². The third-order valence-corrected chi connectivity index (χ3v) is 4.31. The summed E-state index contributed by atoms with van der Waals surface area (Å²) in [6.45, 7) is 0. The van der Waals surface area contributed by atoms with Gasteiger partial charge in [-0.2, -0.15) is 4.99 Å². The SMILES string of the molecule is O=C=Nc1cc(Br)c(Br)c(Br)c1. The van der Waals surface area contributed by atoms with E-state index in [1.54, 1.807) is 12.1 Å². The standard InChI is InChI=1S/C7H2Br3NO/c8-5-1-4(11-3-12)2-6(9)7(5)10/h1-2H. The van der Waals surface area contributed by atoms with Crippen molar-refractivity contribution >= 4 is 59.6 Å². The lowest BCUT2D eigenvalue weighted by molar-refractivity contribution is 0.565. The topological polar surface area (TPSA) is 29.4 Å². The van der Waals surface area contributed by atoms with Crippen LogP contribution in [0.5, 0.6) is 0 Å².